The van der Waals surface area contributed by atoms with Gasteiger partial charge in [-0.15, -0.1) is 0 Å². The number of carbonyl (C=O) groups excluding carboxylic acids is 1. The van der Waals surface area contributed by atoms with Gasteiger partial charge in [-0.05, 0) is 48.8 Å². The summed E-state index contributed by atoms with van der Waals surface area (Å²) in [6, 6.07) is 5.88. The van der Waals surface area contributed by atoms with Gasteiger partial charge in [0.15, 0.2) is 0 Å². The van der Waals surface area contributed by atoms with Crippen LogP contribution >= 0.6 is 0 Å². The molecule has 0 fully saturated rings. The van der Waals surface area contributed by atoms with Crippen LogP contribution in [0.1, 0.15) is 49.0 Å². The van der Waals surface area contributed by atoms with Crippen LogP contribution in [0.4, 0.5) is 5.69 Å². The van der Waals surface area contributed by atoms with Gasteiger partial charge in [-0.2, -0.15) is 0 Å². The van der Waals surface area contributed by atoms with Crippen molar-refractivity contribution in [3.63, 3.8) is 0 Å². The first-order valence-corrected chi connectivity index (χ1v) is 7.78. The molecule has 3 N–H and O–H groups in total. The molecule has 21 heavy (non-hydrogen) atoms. The van der Waals surface area contributed by atoms with Crippen molar-refractivity contribution in [1.82, 2.24) is 5.32 Å². The van der Waals surface area contributed by atoms with Crippen LogP contribution in [0.3, 0.4) is 0 Å². The molecule has 1 amide bonds. The Labute approximate surface area is 126 Å². The van der Waals surface area contributed by atoms with E-state index in [0.717, 1.165) is 49.0 Å². The summed E-state index contributed by atoms with van der Waals surface area (Å²) in [5.74, 6) is 0.00706. The molecule has 0 atom stereocenters. The van der Waals surface area contributed by atoms with Gasteiger partial charge in [0.1, 0.15) is 0 Å². The van der Waals surface area contributed by atoms with Crippen LogP contribution in [0.5, 0.6) is 0 Å². The third-order valence-electron chi connectivity index (χ3n) is 4.08. The number of carbonyl (C=O) groups is 1. The molecule has 4 heteroatoms. The van der Waals surface area contributed by atoms with Crippen LogP contribution in [-0.4, -0.2) is 30.7 Å². The number of aliphatic hydroxyl groups excluding tert-OH is 1. The lowest BCUT2D eigenvalue weighted by molar-refractivity contribution is 0.0932. The minimum Gasteiger partial charge on any atom is -0.396 e. The fraction of sp³-hybridized carbons (Fsp3) is 0.588. The molecule has 1 aromatic carbocycles. The number of hydrogen-bond acceptors (Lipinski definition) is 3. The van der Waals surface area contributed by atoms with Crippen molar-refractivity contribution in [2.75, 3.05) is 25.0 Å². The molecular formula is C17H26N2O2. The number of fused-ring (bicyclic) bond motifs is 1. The predicted molar refractivity (Wildman–Crippen MR) is 85.7 cm³/mol. The van der Waals surface area contributed by atoms with E-state index in [4.69, 9.17) is 5.11 Å². The first-order chi connectivity index (χ1) is 10.0. The van der Waals surface area contributed by atoms with Crippen molar-refractivity contribution in [1.29, 1.82) is 0 Å². The van der Waals surface area contributed by atoms with Gasteiger partial charge in [-0.25, -0.2) is 0 Å². The summed E-state index contributed by atoms with van der Waals surface area (Å²) in [5, 5.41) is 15.3. The zero-order valence-electron chi connectivity index (χ0n) is 13.0. The standard InChI is InChI=1S/C17H26N2O2/c1-17(2,9-5-11-20)12-19-16(21)14-6-3-8-15-13(14)7-4-10-18-15/h3,6,8,18,20H,4-5,7,9-12H2,1-2H3,(H,19,21). The highest BCUT2D eigenvalue weighted by atomic mass is 16.2. The molecule has 1 aliphatic rings. The molecule has 0 radical (unpaired) electrons. The summed E-state index contributed by atoms with van der Waals surface area (Å²) in [6.45, 7) is 6.04. The maximum atomic E-state index is 12.4. The zero-order chi connectivity index (χ0) is 15.3. The van der Waals surface area contributed by atoms with Crippen LogP contribution in [-0.2, 0) is 6.42 Å². The molecule has 1 heterocycles. The molecule has 1 aliphatic heterocycles. The third kappa shape index (κ3) is 4.21. The van der Waals surface area contributed by atoms with Gasteiger partial charge in [0.05, 0.1) is 0 Å². The van der Waals surface area contributed by atoms with Gasteiger partial charge < -0.3 is 15.7 Å². The lowest BCUT2D eigenvalue weighted by Crippen LogP contribution is -2.35. The number of nitrogens with one attached hydrogen (secondary N) is 2. The second-order valence-electron chi connectivity index (χ2n) is 6.54. The third-order valence-corrected chi connectivity index (χ3v) is 4.08. The molecule has 0 aromatic heterocycles. The van der Waals surface area contributed by atoms with Gasteiger partial charge >= 0.3 is 0 Å². The van der Waals surface area contributed by atoms with Gasteiger partial charge in [-0.1, -0.05) is 19.9 Å². The fourth-order valence-corrected chi connectivity index (χ4v) is 2.78. The lowest BCUT2D eigenvalue weighted by atomic mass is 9.87. The molecule has 0 spiro atoms. The zero-order valence-corrected chi connectivity index (χ0v) is 13.0. The molecule has 4 nitrogen and oxygen atoms in total. The first-order valence-electron chi connectivity index (χ1n) is 7.78. The van der Waals surface area contributed by atoms with Crippen molar-refractivity contribution < 1.29 is 9.90 Å². The molecule has 0 saturated heterocycles. The number of benzene rings is 1. The molecule has 0 aliphatic carbocycles. The molecule has 0 saturated carbocycles. The Morgan fingerprint density at radius 2 is 2.24 bits per heavy atom. The lowest BCUT2D eigenvalue weighted by Gasteiger charge is -2.25. The summed E-state index contributed by atoms with van der Waals surface area (Å²) in [6.07, 6.45) is 3.70. The highest BCUT2D eigenvalue weighted by molar-refractivity contribution is 5.97. The Balaban J connectivity index is 2.01. The molecular weight excluding hydrogens is 264 g/mol. The molecule has 1 aromatic rings. The predicted octanol–water partition coefficient (Wildman–Crippen LogP) is 2.57. The second-order valence-corrected chi connectivity index (χ2v) is 6.54. The van der Waals surface area contributed by atoms with Crippen molar-refractivity contribution >= 4 is 11.6 Å². The maximum absolute atomic E-state index is 12.4. The Kier molecular flexibility index (Phi) is 5.23. The Bertz CT molecular complexity index is 498. The van der Waals surface area contributed by atoms with Gasteiger partial charge in [0.2, 0.25) is 0 Å². The van der Waals surface area contributed by atoms with Gasteiger partial charge in [0, 0.05) is 30.9 Å². The highest BCUT2D eigenvalue weighted by Crippen LogP contribution is 2.26. The highest BCUT2D eigenvalue weighted by Gasteiger charge is 2.21. The molecule has 0 bridgehead atoms. The quantitative estimate of drug-likeness (QED) is 0.754. The summed E-state index contributed by atoms with van der Waals surface area (Å²) in [4.78, 5) is 12.4. The van der Waals surface area contributed by atoms with E-state index in [1.165, 1.54) is 0 Å². The van der Waals surface area contributed by atoms with E-state index in [9.17, 15) is 4.79 Å². The van der Waals surface area contributed by atoms with Gasteiger partial charge in [0.25, 0.3) is 5.91 Å². The van der Waals surface area contributed by atoms with Crippen LogP contribution in [0.2, 0.25) is 0 Å². The Morgan fingerprint density at radius 3 is 3.00 bits per heavy atom. The summed E-state index contributed by atoms with van der Waals surface area (Å²) >= 11 is 0. The first kappa shape index (κ1) is 15.8. The van der Waals surface area contributed by atoms with Crippen LogP contribution < -0.4 is 10.6 Å². The van der Waals surface area contributed by atoms with Crippen molar-refractivity contribution in [3.8, 4) is 0 Å². The average Bonchev–Trinajstić information content (AvgIpc) is 2.50. The van der Waals surface area contributed by atoms with Crippen LogP contribution in [0, 0.1) is 5.41 Å². The number of amides is 1. The monoisotopic (exact) mass is 290 g/mol. The second kappa shape index (κ2) is 6.94. The minimum atomic E-state index is 0.00544. The van der Waals surface area contributed by atoms with Crippen LogP contribution in [0.15, 0.2) is 18.2 Å². The largest absolute Gasteiger partial charge is 0.396 e. The van der Waals surface area contributed by atoms with E-state index in [0.29, 0.717) is 6.54 Å². The minimum absolute atomic E-state index is 0.00544. The van der Waals surface area contributed by atoms with E-state index < -0.39 is 0 Å². The topological polar surface area (TPSA) is 61.4 Å². The number of aliphatic hydroxyl groups is 1. The van der Waals surface area contributed by atoms with E-state index in [1.807, 2.05) is 18.2 Å². The number of anilines is 1. The number of rotatable bonds is 6. The fourth-order valence-electron chi connectivity index (χ4n) is 2.78. The molecule has 0 unspecified atom stereocenters. The smallest absolute Gasteiger partial charge is 0.251 e. The van der Waals surface area contributed by atoms with Gasteiger partial charge in [-0.3, -0.25) is 4.79 Å². The normalized spacial score (nSPS) is 14.2. The van der Waals surface area contributed by atoms with E-state index >= 15 is 0 Å². The Hall–Kier alpha value is -1.55. The molecule has 2 rings (SSSR count). The van der Waals surface area contributed by atoms with E-state index in [-0.39, 0.29) is 17.9 Å². The SMILES string of the molecule is CC(C)(CCCO)CNC(=O)c1cccc2c1CCCN2. The number of hydrogen-bond donors (Lipinski definition) is 3. The molecule has 116 valence electrons. The van der Waals surface area contributed by atoms with Crippen LogP contribution in [0.25, 0.3) is 0 Å². The summed E-state index contributed by atoms with van der Waals surface area (Å²) < 4.78 is 0. The van der Waals surface area contributed by atoms with Crippen molar-refractivity contribution in [2.24, 2.45) is 5.41 Å². The maximum Gasteiger partial charge on any atom is 0.251 e. The summed E-state index contributed by atoms with van der Waals surface area (Å²) in [5.41, 5.74) is 3.02. The van der Waals surface area contributed by atoms with Crippen molar-refractivity contribution in [3.05, 3.63) is 29.3 Å². The Morgan fingerprint density at radius 1 is 1.43 bits per heavy atom. The summed E-state index contributed by atoms with van der Waals surface area (Å²) in [7, 11) is 0. The van der Waals surface area contributed by atoms with E-state index in [1.54, 1.807) is 0 Å². The van der Waals surface area contributed by atoms with Crippen molar-refractivity contribution in [2.45, 2.75) is 39.5 Å². The average molecular weight is 290 g/mol. The van der Waals surface area contributed by atoms with E-state index in [2.05, 4.69) is 24.5 Å².